The minimum Gasteiger partial charge on any atom is -0.436 e. The third-order valence-electron chi connectivity index (χ3n) is 4.93. The molecule has 5 rings (SSSR count). The van der Waals surface area contributed by atoms with Crippen LogP contribution in [-0.4, -0.2) is 35.4 Å². The monoisotopic (exact) mass is 429 g/mol. The van der Waals surface area contributed by atoms with Crippen molar-refractivity contribution in [2.45, 2.75) is 26.0 Å². The van der Waals surface area contributed by atoms with Gasteiger partial charge in [-0.15, -0.1) is 0 Å². The Bertz CT molecular complexity index is 1390. The van der Waals surface area contributed by atoms with Gasteiger partial charge in [-0.05, 0) is 56.3 Å². The molecule has 0 radical (unpaired) electrons. The fourth-order valence-corrected chi connectivity index (χ4v) is 3.60. The minimum atomic E-state index is -0.966. The van der Waals surface area contributed by atoms with Crippen LogP contribution in [0.1, 0.15) is 13.8 Å². The highest BCUT2D eigenvalue weighted by Crippen LogP contribution is 2.36. The zero-order valence-corrected chi connectivity index (χ0v) is 17.5. The van der Waals surface area contributed by atoms with Crippen molar-refractivity contribution in [1.29, 1.82) is 0 Å². The van der Waals surface area contributed by atoms with Crippen molar-refractivity contribution in [3.8, 4) is 34.0 Å². The number of halogens is 1. The Hall–Kier alpha value is -3.91. The van der Waals surface area contributed by atoms with Gasteiger partial charge >= 0.3 is 0 Å². The predicted octanol–water partition coefficient (Wildman–Crippen LogP) is 4.73. The Balaban J connectivity index is 1.69. The second kappa shape index (κ2) is 7.65. The van der Waals surface area contributed by atoms with Crippen molar-refractivity contribution < 1.29 is 13.9 Å². The Labute approximate surface area is 183 Å². The van der Waals surface area contributed by atoms with Gasteiger partial charge in [-0.3, -0.25) is 9.67 Å². The first kappa shape index (κ1) is 20.0. The molecule has 0 atom stereocenters. The van der Waals surface area contributed by atoms with E-state index < -0.39 is 5.60 Å². The topological polar surface area (TPSA) is 89.9 Å². The molecule has 0 aliphatic carbocycles. The zero-order chi connectivity index (χ0) is 22.3. The molecule has 0 fully saturated rings. The standard InChI is InChI=1S/C24H20FN5O2/c1-24(2,31)13-30-12-18(21(29-30)15-6-8-16(25)9-7-15)22-17-11-20(19-5-3-4-10-26-19)32-23(17)28-14-27-22/h3-12,14,31H,13H2,1-2H3. The molecule has 0 unspecified atom stereocenters. The molecule has 0 saturated carbocycles. The van der Waals surface area contributed by atoms with E-state index in [1.54, 1.807) is 36.9 Å². The van der Waals surface area contributed by atoms with Crippen LogP contribution in [0.15, 0.2) is 71.7 Å². The lowest BCUT2D eigenvalue weighted by Crippen LogP contribution is -2.26. The fraction of sp³-hybridized carbons (Fsp3) is 0.167. The Morgan fingerprint density at radius 1 is 1.03 bits per heavy atom. The van der Waals surface area contributed by atoms with E-state index >= 15 is 0 Å². The molecule has 0 spiro atoms. The third-order valence-corrected chi connectivity index (χ3v) is 4.93. The molecule has 32 heavy (non-hydrogen) atoms. The largest absolute Gasteiger partial charge is 0.436 e. The van der Waals surface area contributed by atoms with Crippen molar-refractivity contribution in [1.82, 2.24) is 24.7 Å². The lowest BCUT2D eigenvalue weighted by molar-refractivity contribution is 0.0578. The van der Waals surface area contributed by atoms with Gasteiger partial charge in [0, 0.05) is 23.5 Å². The van der Waals surface area contributed by atoms with Crippen molar-refractivity contribution in [2.24, 2.45) is 0 Å². The van der Waals surface area contributed by atoms with Crippen molar-refractivity contribution in [3.63, 3.8) is 0 Å². The highest BCUT2D eigenvalue weighted by Gasteiger charge is 2.22. The number of fused-ring (bicyclic) bond motifs is 1. The maximum atomic E-state index is 13.5. The molecule has 1 aromatic carbocycles. The Kier molecular flexibility index (Phi) is 4.79. The van der Waals surface area contributed by atoms with Gasteiger partial charge in [-0.25, -0.2) is 14.4 Å². The first-order valence-corrected chi connectivity index (χ1v) is 10.1. The summed E-state index contributed by atoms with van der Waals surface area (Å²) in [5.41, 5.74) is 2.85. The molecule has 4 aromatic heterocycles. The van der Waals surface area contributed by atoms with Crippen molar-refractivity contribution in [3.05, 3.63) is 73.1 Å². The highest BCUT2D eigenvalue weighted by molar-refractivity contribution is 5.95. The molecule has 8 heteroatoms. The van der Waals surface area contributed by atoms with E-state index in [9.17, 15) is 9.50 Å². The van der Waals surface area contributed by atoms with Crippen molar-refractivity contribution >= 4 is 11.1 Å². The van der Waals surface area contributed by atoms with Gasteiger partial charge in [0.25, 0.3) is 0 Å². The summed E-state index contributed by atoms with van der Waals surface area (Å²) in [6.45, 7) is 3.70. The van der Waals surface area contributed by atoms with Gasteiger partial charge in [0.2, 0.25) is 5.71 Å². The molecular weight excluding hydrogens is 409 g/mol. The second-order valence-electron chi connectivity index (χ2n) is 8.18. The van der Waals surface area contributed by atoms with E-state index in [0.29, 0.717) is 33.9 Å². The van der Waals surface area contributed by atoms with E-state index in [1.807, 2.05) is 30.5 Å². The lowest BCUT2D eigenvalue weighted by atomic mass is 10.0. The number of furan rings is 1. The summed E-state index contributed by atoms with van der Waals surface area (Å²) in [5, 5.41) is 15.7. The maximum Gasteiger partial charge on any atom is 0.230 e. The summed E-state index contributed by atoms with van der Waals surface area (Å²) in [7, 11) is 0. The first-order chi connectivity index (χ1) is 15.4. The second-order valence-corrected chi connectivity index (χ2v) is 8.18. The van der Waals surface area contributed by atoms with Gasteiger partial charge in [-0.1, -0.05) is 6.07 Å². The summed E-state index contributed by atoms with van der Waals surface area (Å²) in [6.07, 6.45) is 4.96. The number of aliphatic hydroxyl groups is 1. The molecule has 0 saturated heterocycles. The van der Waals surface area contributed by atoms with Crippen LogP contribution in [0.5, 0.6) is 0 Å². The average Bonchev–Trinajstić information content (AvgIpc) is 3.38. The quantitative estimate of drug-likeness (QED) is 0.435. The zero-order valence-electron chi connectivity index (χ0n) is 17.5. The Morgan fingerprint density at radius 2 is 1.84 bits per heavy atom. The fourth-order valence-electron chi connectivity index (χ4n) is 3.60. The Morgan fingerprint density at radius 3 is 2.56 bits per heavy atom. The molecule has 0 amide bonds. The minimum absolute atomic E-state index is 0.278. The van der Waals surface area contributed by atoms with Crippen LogP contribution in [0, 0.1) is 5.82 Å². The first-order valence-electron chi connectivity index (χ1n) is 10.1. The maximum absolute atomic E-state index is 13.5. The number of hydrogen-bond acceptors (Lipinski definition) is 6. The van der Waals surface area contributed by atoms with Gasteiger partial charge < -0.3 is 9.52 Å². The molecule has 1 N–H and O–H groups in total. The van der Waals surface area contributed by atoms with Crippen LogP contribution in [0.4, 0.5) is 4.39 Å². The molecule has 0 bridgehead atoms. The van der Waals surface area contributed by atoms with Gasteiger partial charge in [0.15, 0.2) is 5.76 Å². The summed E-state index contributed by atoms with van der Waals surface area (Å²) < 4.78 is 21.1. The van der Waals surface area contributed by atoms with Gasteiger partial charge in [0.05, 0.1) is 23.2 Å². The molecule has 4 heterocycles. The van der Waals surface area contributed by atoms with E-state index in [-0.39, 0.29) is 12.4 Å². The number of pyridine rings is 1. The van der Waals surface area contributed by atoms with E-state index in [2.05, 4.69) is 20.1 Å². The normalized spacial score (nSPS) is 11.9. The molecule has 160 valence electrons. The highest BCUT2D eigenvalue weighted by atomic mass is 19.1. The summed E-state index contributed by atoms with van der Waals surface area (Å²) in [4.78, 5) is 13.1. The lowest BCUT2D eigenvalue weighted by Gasteiger charge is -2.16. The smallest absolute Gasteiger partial charge is 0.230 e. The molecule has 5 aromatic rings. The predicted molar refractivity (Wildman–Crippen MR) is 118 cm³/mol. The van der Waals surface area contributed by atoms with Gasteiger partial charge in [0.1, 0.15) is 23.5 Å². The van der Waals surface area contributed by atoms with Crippen LogP contribution in [0.2, 0.25) is 0 Å². The number of rotatable bonds is 5. The summed E-state index contributed by atoms with van der Waals surface area (Å²) in [5.74, 6) is 0.250. The molecule has 0 aliphatic rings. The summed E-state index contributed by atoms with van der Waals surface area (Å²) in [6, 6.07) is 13.6. The van der Waals surface area contributed by atoms with E-state index in [0.717, 1.165) is 11.1 Å². The molecule has 0 aliphatic heterocycles. The van der Waals surface area contributed by atoms with E-state index in [4.69, 9.17) is 4.42 Å². The van der Waals surface area contributed by atoms with Crippen LogP contribution in [0.25, 0.3) is 45.1 Å². The van der Waals surface area contributed by atoms with Crippen LogP contribution < -0.4 is 0 Å². The SMILES string of the molecule is CC(C)(O)Cn1cc(-c2ncnc3oc(-c4ccccn4)cc23)c(-c2ccc(F)cc2)n1. The average molecular weight is 429 g/mol. The van der Waals surface area contributed by atoms with Crippen LogP contribution in [0.3, 0.4) is 0 Å². The number of nitrogens with zero attached hydrogens (tertiary/aromatic N) is 5. The number of hydrogen-bond donors (Lipinski definition) is 1. The van der Waals surface area contributed by atoms with Crippen LogP contribution in [-0.2, 0) is 6.54 Å². The summed E-state index contributed by atoms with van der Waals surface area (Å²) >= 11 is 0. The van der Waals surface area contributed by atoms with E-state index in [1.165, 1.54) is 18.5 Å². The van der Waals surface area contributed by atoms with Crippen LogP contribution >= 0.6 is 0 Å². The van der Waals surface area contributed by atoms with Gasteiger partial charge in [-0.2, -0.15) is 5.10 Å². The number of aromatic nitrogens is 5. The molecule has 7 nitrogen and oxygen atoms in total. The van der Waals surface area contributed by atoms with Crippen molar-refractivity contribution in [2.75, 3.05) is 0 Å². The number of benzene rings is 1. The molecular formula is C24H20FN5O2. The third kappa shape index (κ3) is 3.88.